The molecule has 0 amide bonds. The van der Waals surface area contributed by atoms with E-state index in [1.165, 1.54) is 24.3 Å². The van der Waals surface area contributed by atoms with Gasteiger partial charge in [0.25, 0.3) is 0 Å². The zero-order valence-electron chi connectivity index (χ0n) is 10.2. The molecule has 1 N–H and O–H groups in total. The van der Waals surface area contributed by atoms with Gasteiger partial charge in [0.2, 0.25) is 0 Å². The molecule has 0 fully saturated rings. The van der Waals surface area contributed by atoms with E-state index in [1.54, 1.807) is 17.7 Å². The van der Waals surface area contributed by atoms with Crippen molar-refractivity contribution >= 4 is 5.97 Å². The summed E-state index contributed by atoms with van der Waals surface area (Å²) in [6.45, 7) is 1.86. The topological polar surface area (TPSA) is 66.0 Å². The standard InChI is InChI=1S/C14H11FN2O2/c1-9-12(14(18)19)4-5-17(9)8-11-6-10(7-16)2-3-13(11)15/h2-6H,8H2,1H3,(H,18,19). The van der Waals surface area contributed by atoms with E-state index in [0.717, 1.165) is 0 Å². The first-order valence-electron chi connectivity index (χ1n) is 5.60. The van der Waals surface area contributed by atoms with Gasteiger partial charge in [0.15, 0.2) is 0 Å². The lowest BCUT2D eigenvalue weighted by Crippen LogP contribution is -2.05. The number of benzene rings is 1. The third-order valence-electron chi connectivity index (χ3n) is 2.99. The molecule has 0 radical (unpaired) electrons. The van der Waals surface area contributed by atoms with Crippen molar-refractivity contribution in [3.63, 3.8) is 0 Å². The van der Waals surface area contributed by atoms with Crippen molar-refractivity contribution in [3.8, 4) is 6.07 Å². The van der Waals surface area contributed by atoms with E-state index < -0.39 is 11.8 Å². The minimum Gasteiger partial charge on any atom is -0.478 e. The van der Waals surface area contributed by atoms with Gasteiger partial charge in [-0.3, -0.25) is 0 Å². The number of halogens is 1. The molecule has 0 aliphatic heterocycles. The highest BCUT2D eigenvalue weighted by molar-refractivity contribution is 5.88. The van der Waals surface area contributed by atoms with E-state index in [9.17, 15) is 9.18 Å². The number of hydrogen-bond acceptors (Lipinski definition) is 2. The van der Waals surface area contributed by atoms with Crippen LogP contribution in [0.15, 0.2) is 30.5 Å². The number of carboxylic acid groups (broad SMARTS) is 1. The number of hydrogen-bond donors (Lipinski definition) is 1. The van der Waals surface area contributed by atoms with Gasteiger partial charge in [-0.15, -0.1) is 0 Å². The van der Waals surface area contributed by atoms with Gasteiger partial charge in [-0.1, -0.05) is 0 Å². The second-order valence-corrected chi connectivity index (χ2v) is 4.17. The molecule has 0 atom stereocenters. The predicted molar refractivity (Wildman–Crippen MR) is 66.3 cm³/mol. The number of nitrogens with zero attached hydrogens (tertiary/aromatic N) is 2. The Labute approximate surface area is 109 Å². The maximum absolute atomic E-state index is 13.6. The minimum absolute atomic E-state index is 0.192. The second-order valence-electron chi connectivity index (χ2n) is 4.17. The molecular formula is C14H11FN2O2. The average molecular weight is 258 g/mol. The number of rotatable bonds is 3. The Morgan fingerprint density at radius 3 is 2.79 bits per heavy atom. The Kier molecular flexibility index (Phi) is 3.34. The summed E-state index contributed by atoms with van der Waals surface area (Å²) in [5.74, 6) is -1.42. The average Bonchev–Trinajstić information content (AvgIpc) is 2.74. The van der Waals surface area contributed by atoms with Crippen LogP contribution in [0.1, 0.15) is 27.2 Å². The molecule has 1 heterocycles. The summed E-state index contributed by atoms with van der Waals surface area (Å²) < 4.78 is 15.3. The fourth-order valence-electron chi connectivity index (χ4n) is 1.90. The maximum atomic E-state index is 13.6. The summed E-state index contributed by atoms with van der Waals surface area (Å²) >= 11 is 0. The summed E-state index contributed by atoms with van der Waals surface area (Å²) in [6.07, 6.45) is 1.59. The summed E-state index contributed by atoms with van der Waals surface area (Å²) in [6, 6.07) is 7.54. The van der Waals surface area contributed by atoms with E-state index in [1.807, 2.05) is 6.07 Å². The lowest BCUT2D eigenvalue weighted by atomic mass is 10.1. The van der Waals surface area contributed by atoms with Crippen LogP contribution in [0.2, 0.25) is 0 Å². The number of carboxylic acids is 1. The number of aromatic carboxylic acids is 1. The van der Waals surface area contributed by atoms with Crippen LogP contribution in [-0.4, -0.2) is 15.6 Å². The fourth-order valence-corrected chi connectivity index (χ4v) is 1.90. The molecule has 1 aromatic carbocycles. The second kappa shape index (κ2) is 4.94. The predicted octanol–water partition coefficient (Wildman–Crippen LogP) is 2.55. The van der Waals surface area contributed by atoms with Gasteiger partial charge in [-0.25, -0.2) is 9.18 Å². The van der Waals surface area contributed by atoms with Crippen LogP contribution in [0.5, 0.6) is 0 Å². The molecule has 0 spiro atoms. The van der Waals surface area contributed by atoms with Crippen LogP contribution in [0.3, 0.4) is 0 Å². The summed E-state index contributed by atoms with van der Waals surface area (Å²) in [5.41, 5.74) is 1.47. The van der Waals surface area contributed by atoms with E-state index >= 15 is 0 Å². The molecule has 0 unspecified atom stereocenters. The number of aromatic nitrogens is 1. The molecule has 5 heteroatoms. The van der Waals surface area contributed by atoms with Crippen LogP contribution in [0.25, 0.3) is 0 Å². The molecule has 0 aliphatic rings. The summed E-state index contributed by atoms with van der Waals surface area (Å²) in [4.78, 5) is 10.9. The summed E-state index contributed by atoms with van der Waals surface area (Å²) in [7, 11) is 0. The number of nitriles is 1. The minimum atomic E-state index is -1.01. The molecule has 0 bridgehead atoms. The van der Waals surface area contributed by atoms with Gasteiger partial charge in [-0.2, -0.15) is 5.26 Å². The SMILES string of the molecule is Cc1c(C(=O)O)ccn1Cc1cc(C#N)ccc1F. The highest BCUT2D eigenvalue weighted by Gasteiger charge is 2.12. The van der Waals surface area contributed by atoms with Crippen molar-refractivity contribution in [1.82, 2.24) is 4.57 Å². The van der Waals surface area contributed by atoms with Crippen molar-refractivity contribution in [2.45, 2.75) is 13.5 Å². The van der Waals surface area contributed by atoms with E-state index in [-0.39, 0.29) is 12.1 Å². The van der Waals surface area contributed by atoms with Crippen molar-refractivity contribution in [2.75, 3.05) is 0 Å². The lowest BCUT2D eigenvalue weighted by Gasteiger charge is -2.08. The molecule has 96 valence electrons. The molecule has 2 aromatic rings. The normalized spacial score (nSPS) is 10.2. The van der Waals surface area contributed by atoms with Gasteiger partial charge in [0.1, 0.15) is 5.82 Å². The Balaban J connectivity index is 2.37. The highest BCUT2D eigenvalue weighted by atomic mass is 19.1. The smallest absolute Gasteiger partial charge is 0.337 e. The van der Waals surface area contributed by atoms with Crippen LogP contribution >= 0.6 is 0 Å². The fraction of sp³-hybridized carbons (Fsp3) is 0.143. The van der Waals surface area contributed by atoms with Crippen LogP contribution in [0.4, 0.5) is 4.39 Å². The van der Waals surface area contributed by atoms with Gasteiger partial charge in [-0.05, 0) is 31.2 Å². The van der Waals surface area contributed by atoms with E-state index in [4.69, 9.17) is 10.4 Å². The quantitative estimate of drug-likeness (QED) is 0.920. The molecule has 19 heavy (non-hydrogen) atoms. The molecule has 0 saturated heterocycles. The van der Waals surface area contributed by atoms with E-state index in [0.29, 0.717) is 16.8 Å². The Morgan fingerprint density at radius 2 is 2.21 bits per heavy atom. The molecule has 2 rings (SSSR count). The van der Waals surface area contributed by atoms with Gasteiger partial charge in [0, 0.05) is 17.5 Å². The third-order valence-corrected chi connectivity index (χ3v) is 2.99. The monoisotopic (exact) mass is 258 g/mol. The Hall–Kier alpha value is -2.61. The highest BCUT2D eigenvalue weighted by Crippen LogP contribution is 2.16. The first kappa shape index (κ1) is 12.8. The van der Waals surface area contributed by atoms with Gasteiger partial charge in [0.05, 0.1) is 23.7 Å². The molecule has 0 saturated carbocycles. The Bertz CT molecular complexity index is 683. The third kappa shape index (κ3) is 2.47. The van der Waals surface area contributed by atoms with Crippen LogP contribution < -0.4 is 0 Å². The van der Waals surface area contributed by atoms with Crippen molar-refractivity contribution < 1.29 is 14.3 Å². The number of carbonyl (C=O) groups is 1. The van der Waals surface area contributed by atoms with Gasteiger partial charge >= 0.3 is 5.97 Å². The van der Waals surface area contributed by atoms with Crippen molar-refractivity contribution in [1.29, 1.82) is 5.26 Å². The van der Waals surface area contributed by atoms with E-state index in [2.05, 4.69) is 0 Å². The Morgan fingerprint density at radius 1 is 1.47 bits per heavy atom. The summed E-state index contributed by atoms with van der Waals surface area (Å²) in [5, 5.41) is 17.7. The zero-order chi connectivity index (χ0) is 14.0. The maximum Gasteiger partial charge on any atom is 0.337 e. The van der Waals surface area contributed by atoms with Crippen molar-refractivity contribution in [2.24, 2.45) is 0 Å². The van der Waals surface area contributed by atoms with Gasteiger partial charge < -0.3 is 9.67 Å². The zero-order valence-corrected chi connectivity index (χ0v) is 10.2. The largest absolute Gasteiger partial charge is 0.478 e. The van der Waals surface area contributed by atoms with Crippen LogP contribution in [-0.2, 0) is 6.54 Å². The van der Waals surface area contributed by atoms with Crippen LogP contribution in [0, 0.1) is 24.1 Å². The molecule has 4 nitrogen and oxygen atoms in total. The molecule has 0 aliphatic carbocycles. The first-order chi connectivity index (χ1) is 9.02. The first-order valence-corrected chi connectivity index (χ1v) is 5.60. The van der Waals surface area contributed by atoms with Crippen molar-refractivity contribution in [3.05, 3.63) is 58.7 Å². The molecular weight excluding hydrogens is 247 g/mol. The molecule has 1 aromatic heterocycles. The lowest BCUT2D eigenvalue weighted by molar-refractivity contribution is 0.0696.